The Morgan fingerprint density at radius 3 is 2.51 bits per heavy atom. The van der Waals surface area contributed by atoms with E-state index in [1.807, 2.05) is 30.3 Å². The topological polar surface area (TPSA) is 113 Å². The predicted molar refractivity (Wildman–Crippen MR) is 137 cm³/mol. The second kappa shape index (κ2) is 11.0. The lowest BCUT2D eigenvalue weighted by molar-refractivity contribution is 0.111. The first-order chi connectivity index (χ1) is 18.0. The summed E-state index contributed by atoms with van der Waals surface area (Å²) >= 11 is 18.6. The standard InChI is InChI=1S/C24H16Cl3N7O3/c1-34-23(29-32-33-34)22(14-5-3-2-4-6-14)31-35-13-21-28-30-24(37-21)17-9-8-16(12-18(17)26)36-20-10-7-15(25)11-19(20)27/h2-12H,13H2,1H3/b31-22-. The summed E-state index contributed by atoms with van der Waals surface area (Å²) < 4.78 is 13.0. The van der Waals surface area contributed by atoms with E-state index in [1.54, 1.807) is 43.4 Å². The fraction of sp³-hybridized carbons (Fsp3) is 0.0833. The Balaban J connectivity index is 1.30. The van der Waals surface area contributed by atoms with Crippen LogP contribution in [0.3, 0.4) is 0 Å². The van der Waals surface area contributed by atoms with Gasteiger partial charge in [-0.25, -0.2) is 4.68 Å². The normalized spacial score (nSPS) is 11.5. The Hall–Kier alpha value is -3.99. The Morgan fingerprint density at radius 1 is 0.946 bits per heavy atom. The van der Waals surface area contributed by atoms with Crippen molar-refractivity contribution in [3.05, 3.63) is 99.1 Å². The molecule has 0 aliphatic rings. The van der Waals surface area contributed by atoms with Crippen molar-refractivity contribution in [1.29, 1.82) is 0 Å². The number of ether oxygens (including phenoxy) is 1. The number of benzene rings is 3. The number of tetrazole rings is 1. The summed E-state index contributed by atoms with van der Waals surface area (Å²) in [6.07, 6.45) is 0. The van der Waals surface area contributed by atoms with Crippen LogP contribution in [0, 0.1) is 0 Å². The number of rotatable bonds is 8. The van der Waals surface area contributed by atoms with Crippen LogP contribution < -0.4 is 4.74 Å². The molecule has 0 unspecified atom stereocenters. The van der Waals surface area contributed by atoms with Crippen LogP contribution in [0.5, 0.6) is 11.5 Å². The maximum atomic E-state index is 6.45. The van der Waals surface area contributed by atoms with Crippen molar-refractivity contribution in [3.63, 3.8) is 0 Å². The maximum absolute atomic E-state index is 6.45. The summed E-state index contributed by atoms with van der Waals surface area (Å²) in [5.41, 5.74) is 1.75. The number of oxime groups is 1. The third kappa shape index (κ3) is 5.72. The van der Waals surface area contributed by atoms with E-state index < -0.39 is 0 Å². The van der Waals surface area contributed by atoms with Gasteiger partial charge in [-0.1, -0.05) is 70.3 Å². The Bertz CT molecular complexity index is 1570. The number of aromatic nitrogens is 6. The van der Waals surface area contributed by atoms with Crippen molar-refractivity contribution in [3.8, 4) is 23.0 Å². The number of aryl methyl sites for hydroxylation is 1. The molecule has 3 aromatic carbocycles. The highest BCUT2D eigenvalue weighted by atomic mass is 35.5. The van der Waals surface area contributed by atoms with Crippen LogP contribution in [0.4, 0.5) is 0 Å². The molecule has 0 saturated heterocycles. The number of hydrogen-bond donors (Lipinski definition) is 0. The molecule has 10 nitrogen and oxygen atoms in total. The van der Waals surface area contributed by atoms with Crippen molar-refractivity contribution >= 4 is 40.5 Å². The Labute approximate surface area is 225 Å². The highest BCUT2D eigenvalue weighted by Gasteiger charge is 2.17. The minimum atomic E-state index is -0.0809. The van der Waals surface area contributed by atoms with Crippen LogP contribution in [0.15, 0.2) is 76.3 Å². The van der Waals surface area contributed by atoms with Crippen LogP contribution in [0.25, 0.3) is 11.5 Å². The number of hydrogen-bond acceptors (Lipinski definition) is 9. The van der Waals surface area contributed by atoms with E-state index >= 15 is 0 Å². The number of nitrogens with zero attached hydrogens (tertiary/aromatic N) is 7. The molecule has 0 amide bonds. The van der Waals surface area contributed by atoms with Crippen molar-refractivity contribution in [2.75, 3.05) is 0 Å². The van der Waals surface area contributed by atoms with Gasteiger partial charge < -0.3 is 14.0 Å². The molecule has 0 atom stereocenters. The smallest absolute Gasteiger partial charge is 0.257 e. The van der Waals surface area contributed by atoms with E-state index in [0.717, 1.165) is 5.56 Å². The molecule has 5 rings (SSSR count). The monoisotopic (exact) mass is 555 g/mol. The van der Waals surface area contributed by atoms with Crippen LogP contribution in [0.1, 0.15) is 17.3 Å². The molecule has 0 spiro atoms. The van der Waals surface area contributed by atoms with Crippen molar-refractivity contribution in [1.82, 2.24) is 30.4 Å². The van der Waals surface area contributed by atoms with Gasteiger partial charge in [0.25, 0.3) is 5.89 Å². The van der Waals surface area contributed by atoms with E-state index in [9.17, 15) is 0 Å². The first-order valence-electron chi connectivity index (χ1n) is 10.7. The van der Waals surface area contributed by atoms with Gasteiger partial charge in [-0.3, -0.25) is 0 Å². The van der Waals surface area contributed by atoms with Crippen LogP contribution in [-0.4, -0.2) is 36.1 Å². The quantitative estimate of drug-likeness (QED) is 0.169. The van der Waals surface area contributed by atoms with Crippen LogP contribution >= 0.6 is 34.8 Å². The second-order valence-electron chi connectivity index (χ2n) is 7.52. The lowest BCUT2D eigenvalue weighted by Crippen LogP contribution is -2.12. The molecule has 0 radical (unpaired) electrons. The molecule has 186 valence electrons. The van der Waals surface area contributed by atoms with Crippen molar-refractivity contribution < 1.29 is 14.0 Å². The van der Waals surface area contributed by atoms with E-state index in [4.69, 9.17) is 48.8 Å². The van der Waals surface area contributed by atoms with E-state index in [1.165, 1.54) is 4.68 Å². The summed E-state index contributed by atoms with van der Waals surface area (Å²) in [7, 11) is 1.71. The lowest BCUT2D eigenvalue weighted by atomic mass is 10.1. The first-order valence-corrected chi connectivity index (χ1v) is 11.8. The summed E-state index contributed by atoms with van der Waals surface area (Å²) in [5, 5.41) is 25.1. The largest absolute Gasteiger partial charge is 0.456 e. The molecule has 0 N–H and O–H groups in total. The average molecular weight is 557 g/mol. The third-order valence-electron chi connectivity index (χ3n) is 4.98. The fourth-order valence-electron chi connectivity index (χ4n) is 3.24. The van der Waals surface area contributed by atoms with Gasteiger partial charge in [0.15, 0.2) is 12.3 Å². The zero-order chi connectivity index (χ0) is 25.8. The summed E-state index contributed by atoms with van der Waals surface area (Å²) in [6.45, 7) is -0.0809. The van der Waals surface area contributed by atoms with Gasteiger partial charge in [0.05, 0.1) is 15.6 Å². The van der Waals surface area contributed by atoms with Crippen LogP contribution in [-0.2, 0) is 18.5 Å². The van der Waals surface area contributed by atoms with E-state index in [2.05, 4.69) is 30.9 Å². The molecule has 2 heterocycles. The van der Waals surface area contributed by atoms with Gasteiger partial charge in [0.1, 0.15) is 11.5 Å². The molecule has 13 heteroatoms. The highest BCUT2D eigenvalue weighted by Crippen LogP contribution is 2.35. The minimum Gasteiger partial charge on any atom is -0.456 e. The summed E-state index contributed by atoms with van der Waals surface area (Å²) in [5.74, 6) is 1.77. The molecule has 37 heavy (non-hydrogen) atoms. The van der Waals surface area contributed by atoms with Gasteiger partial charge in [0.2, 0.25) is 11.7 Å². The van der Waals surface area contributed by atoms with Gasteiger partial charge >= 0.3 is 0 Å². The third-order valence-corrected chi connectivity index (χ3v) is 5.83. The molecule has 0 aliphatic heterocycles. The second-order valence-corrected chi connectivity index (χ2v) is 8.78. The Morgan fingerprint density at radius 2 is 1.78 bits per heavy atom. The molecular formula is C24H16Cl3N7O3. The highest BCUT2D eigenvalue weighted by molar-refractivity contribution is 6.35. The predicted octanol–water partition coefficient (Wildman–Crippen LogP) is 5.98. The van der Waals surface area contributed by atoms with E-state index in [-0.39, 0.29) is 18.4 Å². The van der Waals surface area contributed by atoms with Gasteiger partial charge in [0, 0.05) is 23.7 Å². The zero-order valence-electron chi connectivity index (χ0n) is 19.0. The molecule has 0 bridgehead atoms. The van der Waals surface area contributed by atoms with Gasteiger partial charge in [-0.15, -0.1) is 15.3 Å². The minimum absolute atomic E-state index is 0.0809. The number of halogens is 3. The summed E-state index contributed by atoms with van der Waals surface area (Å²) in [4.78, 5) is 5.51. The van der Waals surface area contributed by atoms with E-state index in [0.29, 0.717) is 43.7 Å². The molecular weight excluding hydrogens is 541 g/mol. The average Bonchev–Trinajstić information content (AvgIpc) is 3.53. The summed E-state index contributed by atoms with van der Waals surface area (Å²) in [6, 6.07) is 19.4. The van der Waals surface area contributed by atoms with Crippen LogP contribution in [0.2, 0.25) is 15.1 Å². The molecule has 0 aliphatic carbocycles. The fourth-order valence-corrected chi connectivity index (χ4v) is 3.94. The van der Waals surface area contributed by atoms with Crippen molar-refractivity contribution in [2.45, 2.75) is 6.61 Å². The molecule has 5 aromatic rings. The van der Waals surface area contributed by atoms with Crippen molar-refractivity contribution in [2.24, 2.45) is 12.2 Å². The lowest BCUT2D eigenvalue weighted by Gasteiger charge is -2.09. The zero-order valence-corrected chi connectivity index (χ0v) is 21.3. The molecule has 0 saturated carbocycles. The first kappa shape index (κ1) is 24.7. The Kier molecular flexibility index (Phi) is 7.31. The molecule has 0 fully saturated rings. The SMILES string of the molecule is Cn1nnnc1/C(=N\OCc1nnc(-c2ccc(Oc3ccc(Cl)cc3Cl)cc2Cl)o1)c1ccccc1. The van der Waals surface area contributed by atoms with Gasteiger partial charge in [-0.05, 0) is 40.8 Å². The maximum Gasteiger partial charge on any atom is 0.257 e. The van der Waals surface area contributed by atoms with Gasteiger partial charge in [-0.2, -0.15) is 0 Å². The molecule has 2 aromatic heterocycles.